The Morgan fingerprint density at radius 3 is 2.32 bits per heavy atom. The van der Waals surface area contributed by atoms with E-state index in [1.165, 1.54) is 0 Å². The van der Waals surface area contributed by atoms with Gasteiger partial charge in [0.2, 0.25) is 11.8 Å². The number of carbonyl (C=O) groups excluding carboxylic acids is 2. The number of morpholine rings is 1. The molecule has 1 aromatic heterocycles. The van der Waals surface area contributed by atoms with E-state index in [1.54, 1.807) is 23.3 Å². The minimum Gasteiger partial charge on any atom is -0.497 e. The lowest BCUT2D eigenvalue weighted by Crippen LogP contribution is -2.47. The summed E-state index contributed by atoms with van der Waals surface area (Å²) in [6.45, 7) is 5.37. The average Bonchev–Trinajstić information content (AvgIpc) is 3.45. The second kappa shape index (κ2) is 13.9. The Bertz CT molecular complexity index is 1100. The van der Waals surface area contributed by atoms with Gasteiger partial charge < -0.3 is 19.3 Å². The lowest BCUT2D eigenvalue weighted by Gasteiger charge is -2.31. The van der Waals surface area contributed by atoms with Gasteiger partial charge in [-0.2, -0.15) is 0 Å². The van der Waals surface area contributed by atoms with E-state index in [0.29, 0.717) is 39.4 Å². The first kappa shape index (κ1) is 26.9. The van der Waals surface area contributed by atoms with Crippen molar-refractivity contribution in [2.24, 2.45) is 0 Å². The highest BCUT2D eigenvalue weighted by molar-refractivity contribution is 7.09. The number of ether oxygens (including phenoxy) is 2. The summed E-state index contributed by atoms with van der Waals surface area (Å²) in [5, 5.41) is 2.02. The zero-order valence-corrected chi connectivity index (χ0v) is 22.2. The van der Waals surface area contributed by atoms with Crippen molar-refractivity contribution in [3.8, 4) is 5.75 Å². The summed E-state index contributed by atoms with van der Waals surface area (Å²) in [6.07, 6.45) is 0.240. The van der Waals surface area contributed by atoms with E-state index in [-0.39, 0.29) is 24.8 Å². The minimum absolute atomic E-state index is 0.0531. The maximum atomic E-state index is 13.7. The molecule has 8 heteroatoms. The summed E-state index contributed by atoms with van der Waals surface area (Å²) in [5.74, 6) is 0.644. The average molecular weight is 522 g/mol. The van der Waals surface area contributed by atoms with E-state index in [4.69, 9.17) is 9.47 Å². The lowest BCUT2D eigenvalue weighted by molar-refractivity contribution is -0.141. The number of carbonyl (C=O) groups is 2. The van der Waals surface area contributed by atoms with Gasteiger partial charge in [0.05, 0.1) is 39.8 Å². The number of thiophene rings is 1. The molecule has 4 rings (SSSR count). The van der Waals surface area contributed by atoms with Gasteiger partial charge in [0.15, 0.2) is 0 Å². The Hall–Kier alpha value is -3.20. The molecule has 0 saturated carbocycles. The van der Waals surface area contributed by atoms with Crippen molar-refractivity contribution in [2.75, 3.05) is 53.0 Å². The first-order valence-corrected chi connectivity index (χ1v) is 13.5. The fourth-order valence-electron chi connectivity index (χ4n) is 4.30. The van der Waals surface area contributed by atoms with E-state index >= 15 is 0 Å². The third kappa shape index (κ3) is 8.42. The van der Waals surface area contributed by atoms with Crippen molar-refractivity contribution >= 4 is 23.2 Å². The number of methoxy groups -OCH3 is 1. The van der Waals surface area contributed by atoms with Crippen molar-refractivity contribution in [3.05, 3.63) is 88.1 Å². The van der Waals surface area contributed by atoms with E-state index in [2.05, 4.69) is 4.90 Å². The second-order valence-corrected chi connectivity index (χ2v) is 10.1. The molecule has 2 heterocycles. The third-order valence-electron chi connectivity index (χ3n) is 6.48. The predicted octanol–water partition coefficient (Wildman–Crippen LogP) is 3.69. The van der Waals surface area contributed by atoms with Gasteiger partial charge in [-0.3, -0.25) is 14.5 Å². The Morgan fingerprint density at radius 1 is 0.892 bits per heavy atom. The van der Waals surface area contributed by atoms with Gasteiger partial charge in [-0.25, -0.2) is 0 Å². The zero-order valence-electron chi connectivity index (χ0n) is 21.4. The summed E-state index contributed by atoms with van der Waals surface area (Å²) in [5.41, 5.74) is 1.96. The summed E-state index contributed by atoms with van der Waals surface area (Å²) < 4.78 is 10.7. The summed E-state index contributed by atoms with van der Waals surface area (Å²) >= 11 is 1.64. The molecule has 0 unspecified atom stereocenters. The molecule has 1 saturated heterocycles. The lowest BCUT2D eigenvalue weighted by atomic mass is 10.1. The standard InChI is InChI=1S/C29H35N3O4S/c1-35-26-11-9-24(10-12-26)20-28(33)31(14-13-30-15-17-36-18-16-30)23-29(34)32(22-27-8-5-19-37-27)21-25-6-3-2-4-7-25/h2-12,19H,13-18,20-23H2,1H3. The van der Waals surface area contributed by atoms with E-state index in [1.807, 2.05) is 77.0 Å². The van der Waals surface area contributed by atoms with Crippen LogP contribution in [0.4, 0.5) is 0 Å². The summed E-state index contributed by atoms with van der Waals surface area (Å²) in [4.78, 5) is 34.1. The van der Waals surface area contributed by atoms with Gasteiger partial charge in [0.1, 0.15) is 5.75 Å². The SMILES string of the molecule is COc1ccc(CC(=O)N(CCN2CCOCC2)CC(=O)N(Cc2ccccc2)Cc2cccs2)cc1. The zero-order chi connectivity index (χ0) is 25.9. The molecular weight excluding hydrogens is 486 g/mol. The molecule has 0 radical (unpaired) electrons. The molecule has 0 atom stereocenters. The van der Waals surface area contributed by atoms with Crippen molar-refractivity contribution in [1.29, 1.82) is 0 Å². The molecule has 37 heavy (non-hydrogen) atoms. The fourth-order valence-corrected chi connectivity index (χ4v) is 5.02. The summed E-state index contributed by atoms with van der Waals surface area (Å²) in [7, 11) is 1.62. The highest BCUT2D eigenvalue weighted by atomic mass is 32.1. The highest BCUT2D eigenvalue weighted by Crippen LogP contribution is 2.16. The molecule has 1 aliphatic heterocycles. The number of nitrogens with zero attached hydrogens (tertiary/aromatic N) is 3. The van der Waals surface area contributed by atoms with Gasteiger partial charge in [-0.15, -0.1) is 11.3 Å². The molecule has 196 valence electrons. The van der Waals surface area contributed by atoms with Gasteiger partial charge in [0.25, 0.3) is 0 Å². The van der Waals surface area contributed by atoms with Crippen LogP contribution >= 0.6 is 11.3 Å². The van der Waals surface area contributed by atoms with Crippen molar-refractivity contribution in [2.45, 2.75) is 19.5 Å². The van der Waals surface area contributed by atoms with Crippen LogP contribution in [0.5, 0.6) is 5.75 Å². The van der Waals surface area contributed by atoms with Crippen molar-refractivity contribution in [1.82, 2.24) is 14.7 Å². The predicted molar refractivity (Wildman–Crippen MR) is 146 cm³/mol. The molecular formula is C29H35N3O4S. The van der Waals surface area contributed by atoms with Crippen LogP contribution in [0.1, 0.15) is 16.0 Å². The normalized spacial score (nSPS) is 13.8. The number of benzene rings is 2. The Kier molecular flexibility index (Phi) is 10.1. The number of hydrogen-bond acceptors (Lipinski definition) is 6. The van der Waals surface area contributed by atoms with Crippen LogP contribution in [-0.4, -0.2) is 79.6 Å². The van der Waals surface area contributed by atoms with Crippen molar-refractivity contribution in [3.63, 3.8) is 0 Å². The molecule has 0 bridgehead atoms. The quantitative estimate of drug-likeness (QED) is 0.364. The van der Waals surface area contributed by atoms with Crippen LogP contribution in [0.25, 0.3) is 0 Å². The smallest absolute Gasteiger partial charge is 0.242 e. The fraction of sp³-hybridized carbons (Fsp3) is 0.379. The van der Waals surface area contributed by atoms with Gasteiger partial charge in [-0.1, -0.05) is 48.5 Å². The first-order chi connectivity index (χ1) is 18.1. The maximum Gasteiger partial charge on any atom is 0.242 e. The third-order valence-corrected chi connectivity index (χ3v) is 7.34. The first-order valence-electron chi connectivity index (χ1n) is 12.7. The van der Waals surface area contributed by atoms with Crippen LogP contribution in [0.3, 0.4) is 0 Å². The minimum atomic E-state index is -0.0534. The molecule has 0 spiro atoms. The van der Waals surface area contributed by atoms with E-state index < -0.39 is 0 Å². The number of hydrogen-bond donors (Lipinski definition) is 0. The van der Waals surface area contributed by atoms with Crippen molar-refractivity contribution < 1.29 is 19.1 Å². The van der Waals surface area contributed by atoms with Gasteiger partial charge in [0, 0.05) is 37.6 Å². The molecule has 0 N–H and O–H groups in total. The summed E-state index contributed by atoms with van der Waals surface area (Å²) in [6, 6.07) is 21.5. The van der Waals surface area contributed by atoms with Crippen LogP contribution in [0.2, 0.25) is 0 Å². The number of rotatable bonds is 12. The highest BCUT2D eigenvalue weighted by Gasteiger charge is 2.23. The molecule has 2 amide bonds. The molecule has 2 aromatic carbocycles. The molecule has 1 aliphatic rings. The van der Waals surface area contributed by atoms with Gasteiger partial charge in [-0.05, 0) is 34.7 Å². The van der Waals surface area contributed by atoms with E-state index in [0.717, 1.165) is 34.8 Å². The largest absolute Gasteiger partial charge is 0.497 e. The van der Waals surface area contributed by atoms with Crippen LogP contribution in [0, 0.1) is 0 Å². The topological polar surface area (TPSA) is 62.3 Å². The molecule has 3 aromatic rings. The van der Waals surface area contributed by atoms with Gasteiger partial charge >= 0.3 is 0 Å². The van der Waals surface area contributed by atoms with E-state index in [9.17, 15) is 9.59 Å². The van der Waals surface area contributed by atoms with Crippen LogP contribution in [-0.2, 0) is 33.8 Å². The van der Waals surface area contributed by atoms with Crippen LogP contribution < -0.4 is 4.74 Å². The maximum absolute atomic E-state index is 13.7. The number of amides is 2. The van der Waals surface area contributed by atoms with Crippen LogP contribution in [0.15, 0.2) is 72.1 Å². The second-order valence-electron chi connectivity index (χ2n) is 9.11. The Labute approximate surface area is 223 Å². The Balaban J connectivity index is 1.47. The molecule has 7 nitrogen and oxygen atoms in total. The molecule has 0 aliphatic carbocycles. The monoisotopic (exact) mass is 521 g/mol. The Morgan fingerprint density at radius 2 is 1.65 bits per heavy atom. The molecule has 1 fully saturated rings.